The Morgan fingerprint density at radius 2 is 0.696 bits per heavy atom. The monoisotopic (exact) mass is 706 g/mol. The Hall–Kier alpha value is -7.52. The van der Waals surface area contributed by atoms with Gasteiger partial charge in [0, 0.05) is 0 Å². The van der Waals surface area contributed by atoms with Crippen LogP contribution in [0.3, 0.4) is 0 Å². The van der Waals surface area contributed by atoms with Crippen LogP contribution in [0, 0.1) is 36.5 Å². The molecule has 0 unspecified atom stereocenters. The maximum absolute atomic E-state index is 10.1. The molecule has 56 heavy (non-hydrogen) atoms. The standard InChI is InChI=1S/C54H30N2/c1-29-15-16-32(28-56)20-40(29)46-26-52-49(51-25-45-39-14-6-10-34-8-4-12-37(54(34)39)43(45)23-48(46)51)21-41(35-18-17-31(27-55)19-30(35)2)47-22-42-36-11-3-7-33-9-5-13-38(53(33)36)44(42)24-50(47)52/h3-26H,1-2H3. The lowest BCUT2D eigenvalue weighted by Gasteiger charge is -2.20. The topological polar surface area (TPSA) is 47.6 Å². The maximum Gasteiger partial charge on any atom is 0.0991 e. The minimum Gasteiger partial charge on any atom is -0.192 e. The molecule has 2 aliphatic rings. The van der Waals surface area contributed by atoms with Gasteiger partial charge in [0.15, 0.2) is 0 Å². The highest BCUT2D eigenvalue weighted by Crippen LogP contribution is 2.54. The van der Waals surface area contributed by atoms with Crippen molar-refractivity contribution >= 4 is 53.9 Å². The zero-order valence-corrected chi connectivity index (χ0v) is 30.8. The predicted octanol–water partition coefficient (Wildman–Crippen LogP) is 14.4. The summed E-state index contributed by atoms with van der Waals surface area (Å²) in [7, 11) is 0. The highest BCUT2D eigenvalue weighted by molar-refractivity contribution is 6.29. The van der Waals surface area contributed by atoms with Gasteiger partial charge in [-0.2, -0.15) is 10.5 Å². The van der Waals surface area contributed by atoms with Crippen LogP contribution in [-0.4, -0.2) is 0 Å². The molecule has 0 fully saturated rings. The molecule has 10 aromatic rings. The van der Waals surface area contributed by atoms with Crippen LogP contribution >= 0.6 is 0 Å². The molecule has 0 heterocycles. The highest BCUT2D eigenvalue weighted by Gasteiger charge is 2.27. The third kappa shape index (κ3) is 4.03. The zero-order valence-electron chi connectivity index (χ0n) is 30.8. The normalized spacial score (nSPS) is 12.1. The van der Waals surface area contributed by atoms with Gasteiger partial charge < -0.3 is 0 Å². The van der Waals surface area contributed by atoms with Gasteiger partial charge in [0.2, 0.25) is 0 Å². The zero-order chi connectivity index (χ0) is 37.4. The first-order valence-corrected chi connectivity index (χ1v) is 19.1. The van der Waals surface area contributed by atoms with Gasteiger partial charge in [-0.25, -0.2) is 0 Å². The van der Waals surface area contributed by atoms with Gasteiger partial charge in [0.05, 0.1) is 23.3 Å². The highest BCUT2D eigenvalue weighted by atomic mass is 14.3. The van der Waals surface area contributed by atoms with E-state index < -0.39 is 0 Å². The van der Waals surface area contributed by atoms with E-state index in [0.717, 1.165) is 33.4 Å². The molecule has 0 radical (unpaired) electrons. The molecule has 0 spiro atoms. The Balaban J connectivity index is 1.29. The molecule has 0 aliphatic heterocycles. The van der Waals surface area contributed by atoms with Gasteiger partial charge in [-0.05, 0) is 206 Å². The van der Waals surface area contributed by atoms with E-state index in [0.29, 0.717) is 11.1 Å². The lowest BCUT2D eigenvalue weighted by molar-refractivity contribution is 1.42. The second-order valence-corrected chi connectivity index (χ2v) is 15.5. The summed E-state index contributed by atoms with van der Waals surface area (Å²) < 4.78 is 0. The Morgan fingerprint density at radius 3 is 1.16 bits per heavy atom. The van der Waals surface area contributed by atoms with E-state index in [4.69, 9.17) is 0 Å². The quantitative estimate of drug-likeness (QED) is 0.168. The van der Waals surface area contributed by atoms with Crippen LogP contribution in [0.4, 0.5) is 0 Å². The number of aryl methyl sites for hydroxylation is 2. The van der Waals surface area contributed by atoms with Crippen molar-refractivity contribution < 1.29 is 0 Å². The Labute approximate surface area is 323 Å². The van der Waals surface area contributed by atoms with Crippen LogP contribution in [0.2, 0.25) is 0 Å². The summed E-state index contributed by atoms with van der Waals surface area (Å²) in [5.74, 6) is 0. The summed E-state index contributed by atoms with van der Waals surface area (Å²) in [6.45, 7) is 4.27. The van der Waals surface area contributed by atoms with Crippen molar-refractivity contribution in [2.75, 3.05) is 0 Å². The molecule has 0 amide bonds. The van der Waals surface area contributed by atoms with Crippen molar-refractivity contribution in [3.8, 4) is 78.9 Å². The summed E-state index contributed by atoms with van der Waals surface area (Å²) in [6.07, 6.45) is 0. The van der Waals surface area contributed by atoms with Crippen molar-refractivity contribution in [3.05, 3.63) is 168 Å². The molecule has 0 N–H and O–H groups in total. The third-order valence-corrected chi connectivity index (χ3v) is 12.6. The second-order valence-electron chi connectivity index (χ2n) is 15.5. The summed E-state index contributed by atoms with van der Waals surface area (Å²) in [6, 6.07) is 57.9. The first kappa shape index (κ1) is 30.9. The number of hydrogen-bond donors (Lipinski definition) is 0. The maximum atomic E-state index is 10.1. The number of nitrogens with zero attached hydrogens (tertiary/aromatic N) is 2. The molecule has 0 saturated carbocycles. The van der Waals surface area contributed by atoms with E-state index >= 15 is 0 Å². The molecule has 2 heteroatoms. The summed E-state index contributed by atoms with van der Waals surface area (Å²) >= 11 is 0. The van der Waals surface area contributed by atoms with Crippen LogP contribution in [0.15, 0.2) is 146 Å². The molecule has 0 saturated heterocycles. The van der Waals surface area contributed by atoms with Crippen LogP contribution < -0.4 is 0 Å². The molecule has 12 rings (SSSR count). The fourth-order valence-electron chi connectivity index (χ4n) is 10.1. The van der Waals surface area contributed by atoms with Crippen molar-refractivity contribution in [2.24, 2.45) is 0 Å². The third-order valence-electron chi connectivity index (χ3n) is 12.6. The molecule has 2 nitrogen and oxygen atoms in total. The number of nitriles is 2. The molecule has 256 valence electrons. The van der Waals surface area contributed by atoms with E-state index in [2.05, 4.69) is 153 Å². The summed E-state index contributed by atoms with van der Waals surface area (Å²) in [5.41, 5.74) is 18.1. The molecule has 0 aromatic heterocycles. The smallest absolute Gasteiger partial charge is 0.0991 e. The fourth-order valence-corrected chi connectivity index (χ4v) is 10.1. The van der Waals surface area contributed by atoms with Crippen LogP contribution in [0.25, 0.3) is 121 Å². The second kappa shape index (κ2) is 11.0. The molecule has 2 aliphatic carbocycles. The molecular formula is C54H30N2. The fraction of sp³-hybridized carbons (Fsp3) is 0.0370. The van der Waals surface area contributed by atoms with Crippen LogP contribution in [-0.2, 0) is 0 Å². The average molecular weight is 707 g/mol. The van der Waals surface area contributed by atoms with Crippen molar-refractivity contribution in [1.82, 2.24) is 0 Å². The first-order chi connectivity index (χ1) is 27.5. The summed E-state index contributed by atoms with van der Waals surface area (Å²) in [5, 5.41) is 32.1. The minimum atomic E-state index is 0.650. The van der Waals surface area contributed by atoms with Gasteiger partial charge in [-0.1, -0.05) is 84.9 Å². The number of benzene rings is 10. The van der Waals surface area contributed by atoms with Gasteiger partial charge >= 0.3 is 0 Å². The summed E-state index contributed by atoms with van der Waals surface area (Å²) in [4.78, 5) is 0. The molecule has 0 atom stereocenters. The van der Waals surface area contributed by atoms with Crippen molar-refractivity contribution in [2.45, 2.75) is 13.8 Å². The van der Waals surface area contributed by atoms with Gasteiger partial charge in [-0.15, -0.1) is 0 Å². The van der Waals surface area contributed by atoms with E-state index in [1.165, 1.54) is 98.4 Å². The van der Waals surface area contributed by atoms with Crippen LogP contribution in [0.5, 0.6) is 0 Å². The molecule has 0 bridgehead atoms. The molecule has 10 aromatic carbocycles. The van der Waals surface area contributed by atoms with Gasteiger partial charge in [-0.3, -0.25) is 0 Å². The first-order valence-electron chi connectivity index (χ1n) is 19.1. The van der Waals surface area contributed by atoms with E-state index in [-0.39, 0.29) is 0 Å². The SMILES string of the molecule is Cc1cc(C#N)ccc1-c1cc2c3cc4c(cc3c(-c3cc(C#N)ccc3C)cc2c2cc3c(cc12)-c1cccc2cccc-3c12)-c1cccc2cccc-4c12. The van der Waals surface area contributed by atoms with Crippen molar-refractivity contribution in [3.63, 3.8) is 0 Å². The predicted molar refractivity (Wildman–Crippen MR) is 233 cm³/mol. The Kier molecular flexibility index (Phi) is 6.08. The van der Waals surface area contributed by atoms with Gasteiger partial charge in [0.1, 0.15) is 0 Å². The Morgan fingerprint density at radius 1 is 0.304 bits per heavy atom. The van der Waals surface area contributed by atoms with E-state index in [9.17, 15) is 10.5 Å². The Bertz CT molecular complexity index is 3560. The number of rotatable bonds is 2. The van der Waals surface area contributed by atoms with E-state index in [1.54, 1.807) is 0 Å². The van der Waals surface area contributed by atoms with Crippen LogP contribution in [0.1, 0.15) is 22.3 Å². The lowest BCUT2D eigenvalue weighted by atomic mass is 9.83. The van der Waals surface area contributed by atoms with E-state index in [1.807, 2.05) is 18.2 Å². The van der Waals surface area contributed by atoms with Crippen molar-refractivity contribution in [1.29, 1.82) is 10.5 Å². The lowest BCUT2D eigenvalue weighted by Crippen LogP contribution is -1.94. The number of fused-ring (bicyclic) bond motifs is 11. The largest absolute Gasteiger partial charge is 0.192 e. The number of hydrogen-bond acceptors (Lipinski definition) is 2. The molecular weight excluding hydrogens is 677 g/mol. The average Bonchev–Trinajstić information content (AvgIpc) is 3.72. The minimum absolute atomic E-state index is 0.650. The van der Waals surface area contributed by atoms with Gasteiger partial charge in [0.25, 0.3) is 0 Å².